The average molecular weight is 219 g/mol. The number of fused-ring (bicyclic) bond motifs is 1. The molecule has 0 aliphatic rings. The lowest BCUT2D eigenvalue weighted by atomic mass is 10.0. The fraction of sp³-hybridized carbons (Fsp3) is 0.417. The minimum absolute atomic E-state index is 0.278. The maximum absolute atomic E-state index is 5.72. The normalized spacial score (nSPS) is 13.2. The van der Waals surface area contributed by atoms with Crippen LogP contribution in [0.25, 0.3) is 11.1 Å². The summed E-state index contributed by atoms with van der Waals surface area (Å²) in [6, 6.07) is 6.17. The Bertz CT molecular complexity index is 464. The van der Waals surface area contributed by atoms with Crippen LogP contribution in [0.2, 0.25) is 0 Å². The molecule has 3 N–H and O–H groups in total. The maximum Gasteiger partial charge on any atom is 0.181 e. The first-order valence-electron chi connectivity index (χ1n) is 5.50. The van der Waals surface area contributed by atoms with Gasteiger partial charge in [0.1, 0.15) is 5.52 Å². The number of hydrogen-bond donors (Lipinski definition) is 2. The van der Waals surface area contributed by atoms with Crippen molar-refractivity contribution in [2.24, 2.45) is 11.7 Å². The van der Waals surface area contributed by atoms with Crippen LogP contribution in [0.5, 0.6) is 0 Å². The van der Waals surface area contributed by atoms with Crippen LogP contribution in [0.4, 0.5) is 5.69 Å². The van der Waals surface area contributed by atoms with E-state index in [0.717, 1.165) is 16.8 Å². The topological polar surface area (TPSA) is 64.1 Å². The molecule has 1 heterocycles. The molecule has 1 atom stereocenters. The summed E-state index contributed by atoms with van der Waals surface area (Å²) in [4.78, 5) is 4.08. The van der Waals surface area contributed by atoms with Gasteiger partial charge in [-0.1, -0.05) is 13.8 Å². The summed E-state index contributed by atoms with van der Waals surface area (Å²) >= 11 is 0. The smallest absolute Gasteiger partial charge is 0.181 e. The van der Waals surface area contributed by atoms with E-state index in [2.05, 4.69) is 24.1 Å². The van der Waals surface area contributed by atoms with Crippen molar-refractivity contribution >= 4 is 16.8 Å². The number of nitrogens with zero attached hydrogens (tertiary/aromatic N) is 1. The molecule has 2 rings (SSSR count). The van der Waals surface area contributed by atoms with Crippen molar-refractivity contribution in [1.29, 1.82) is 0 Å². The Kier molecular flexibility index (Phi) is 3.10. The van der Waals surface area contributed by atoms with Crippen molar-refractivity contribution in [3.8, 4) is 0 Å². The molecule has 0 aliphatic heterocycles. The van der Waals surface area contributed by atoms with Gasteiger partial charge in [-0.25, -0.2) is 4.98 Å². The Morgan fingerprint density at radius 1 is 1.44 bits per heavy atom. The molecule has 0 saturated heterocycles. The highest BCUT2D eigenvalue weighted by atomic mass is 16.3. The van der Waals surface area contributed by atoms with Gasteiger partial charge in [0.15, 0.2) is 12.0 Å². The van der Waals surface area contributed by atoms with Crippen molar-refractivity contribution in [2.45, 2.75) is 19.9 Å². The molecular weight excluding hydrogens is 202 g/mol. The predicted octanol–water partition coefficient (Wildman–Crippen LogP) is 2.22. The van der Waals surface area contributed by atoms with Gasteiger partial charge in [-0.15, -0.1) is 0 Å². The fourth-order valence-electron chi connectivity index (χ4n) is 1.66. The van der Waals surface area contributed by atoms with Crippen LogP contribution in [0, 0.1) is 5.92 Å². The van der Waals surface area contributed by atoms with E-state index in [1.807, 2.05) is 18.2 Å². The highest BCUT2D eigenvalue weighted by Gasteiger charge is 2.11. The Balaban J connectivity index is 2.19. The van der Waals surface area contributed by atoms with Crippen LogP contribution in [0.1, 0.15) is 13.8 Å². The van der Waals surface area contributed by atoms with E-state index in [1.54, 1.807) is 0 Å². The highest BCUT2D eigenvalue weighted by molar-refractivity contribution is 5.76. The Hall–Kier alpha value is -1.55. The van der Waals surface area contributed by atoms with Crippen LogP contribution in [-0.2, 0) is 0 Å². The molecule has 1 unspecified atom stereocenters. The van der Waals surface area contributed by atoms with E-state index in [0.29, 0.717) is 12.5 Å². The van der Waals surface area contributed by atoms with Gasteiger partial charge in [0.2, 0.25) is 0 Å². The summed E-state index contributed by atoms with van der Waals surface area (Å²) in [5, 5.41) is 3.40. The van der Waals surface area contributed by atoms with Crippen molar-refractivity contribution in [3.63, 3.8) is 0 Å². The second-order valence-corrected chi connectivity index (χ2v) is 4.27. The molecule has 2 aromatic rings. The van der Waals surface area contributed by atoms with Crippen molar-refractivity contribution in [1.82, 2.24) is 4.98 Å². The third-order valence-corrected chi connectivity index (χ3v) is 2.74. The molecule has 0 spiro atoms. The van der Waals surface area contributed by atoms with E-state index in [4.69, 9.17) is 10.2 Å². The zero-order valence-corrected chi connectivity index (χ0v) is 9.60. The van der Waals surface area contributed by atoms with Gasteiger partial charge in [-0.05, 0) is 18.1 Å². The number of oxazole rings is 1. The van der Waals surface area contributed by atoms with Crippen LogP contribution in [-0.4, -0.2) is 17.6 Å². The summed E-state index contributed by atoms with van der Waals surface area (Å²) in [5.41, 5.74) is 8.41. The Morgan fingerprint density at radius 3 is 2.94 bits per heavy atom. The summed E-state index contributed by atoms with van der Waals surface area (Å²) in [6.45, 7) is 4.92. The SMILES string of the molecule is CC(C)C(CN)Nc1ccc2ncoc2c1. The lowest BCUT2D eigenvalue weighted by Crippen LogP contribution is -2.33. The third-order valence-electron chi connectivity index (χ3n) is 2.74. The molecule has 1 aromatic heterocycles. The van der Waals surface area contributed by atoms with Crippen LogP contribution >= 0.6 is 0 Å². The number of nitrogens with one attached hydrogen (secondary N) is 1. The summed E-state index contributed by atoms with van der Waals surface area (Å²) in [6.07, 6.45) is 1.46. The largest absolute Gasteiger partial charge is 0.443 e. The number of anilines is 1. The van der Waals surface area contributed by atoms with Crippen LogP contribution in [0.15, 0.2) is 29.0 Å². The predicted molar refractivity (Wildman–Crippen MR) is 65.3 cm³/mol. The summed E-state index contributed by atoms with van der Waals surface area (Å²) in [7, 11) is 0. The van der Waals surface area contributed by atoms with E-state index >= 15 is 0 Å². The lowest BCUT2D eigenvalue weighted by Gasteiger charge is -2.21. The summed E-state index contributed by atoms with van der Waals surface area (Å²) < 4.78 is 5.25. The number of aromatic nitrogens is 1. The third kappa shape index (κ3) is 2.17. The Labute approximate surface area is 94.8 Å². The molecule has 16 heavy (non-hydrogen) atoms. The standard InChI is InChI=1S/C12H17N3O/c1-8(2)11(6-13)15-9-3-4-10-12(5-9)16-7-14-10/h3-5,7-8,11,15H,6,13H2,1-2H3. The van der Waals surface area contributed by atoms with E-state index < -0.39 is 0 Å². The molecule has 1 aromatic carbocycles. The molecule has 0 radical (unpaired) electrons. The fourth-order valence-corrected chi connectivity index (χ4v) is 1.66. The molecule has 0 amide bonds. The highest BCUT2D eigenvalue weighted by Crippen LogP contribution is 2.19. The monoisotopic (exact) mass is 219 g/mol. The first kappa shape index (κ1) is 11.0. The van der Waals surface area contributed by atoms with E-state index in [1.165, 1.54) is 6.39 Å². The summed E-state index contributed by atoms with van der Waals surface area (Å²) in [5.74, 6) is 0.496. The first-order valence-corrected chi connectivity index (χ1v) is 5.50. The molecule has 0 fully saturated rings. The van der Waals surface area contributed by atoms with Crippen LogP contribution in [0.3, 0.4) is 0 Å². The van der Waals surface area contributed by atoms with Gasteiger partial charge in [0, 0.05) is 24.3 Å². The zero-order chi connectivity index (χ0) is 11.5. The number of benzene rings is 1. The number of nitrogens with two attached hydrogens (primary N) is 1. The maximum atomic E-state index is 5.72. The Morgan fingerprint density at radius 2 is 2.25 bits per heavy atom. The molecular formula is C12H17N3O. The quantitative estimate of drug-likeness (QED) is 0.827. The van der Waals surface area contributed by atoms with Gasteiger partial charge in [-0.3, -0.25) is 0 Å². The number of rotatable bonds is 4. The van der Waals surface area contributed by atoms with E-state index in [9.17, 15) is 0 Å². The average Bonchev–Trinajstić information content (AvgIpc) is 2.72. The van der Waals surface area contributed by atoms with Crippen molar-refractivity contribution < 1.29 is 4.42 Å². The van der Waals surface area contributed by atoms with Gasteiger partial charge in [0.05, 0.1) is 0 Å². The minimum Gasteiger partial charge on any atom is -0.443 e. The van der Waals surface area contributed by atoms with Gasteiger partial charge < -0.3 is 15.5 Å². The second kappa shape index (κ2) is 4.53. The van der Waals surface area contributed by atoms with Crippen molar-refractivity contribution in [3.05, 3.63) is 24.6 Å². The lowest BCUT2D eigenvalue weighted by molar-refractivity contribution is 0.531. The first-order chi connectivity index (χ1) is 7.70. The van der Waals surface area contributed by atoms with Gasteiger partial charge >= 0.3 is 0 Å². The molecule has 4 nitrogen and oxygen atoms in total. The molecule has 0 saturated carbocycles. The number of hydrogen-bond acceptors (Lipinski definition) is 4. The van der Waals surface area contributed by atoms with E-state index in [-0.39, 0.29) is 6.04 Å². The van der Waals surface area contributed by atoms with Gasteiger partial charge in [-0.2, -0.15) is 0 Å². The molecule has 4 heteroatoms. The molecule has 0 bridgehead atoms. The molecule has 86 valence electrons. The van der Waals surface area contributed by atoms with Crippen molar-refractivity contribution in [2.75, 3.05) is 11.9 Å². The zero-order valence-electron chi connectivity index (χ0n) is 9.60. The van der Waals surface area contributed by atoms with Crippen LogP contribution < -0.4 is 11.1 Å². The molecule has 0 aliphatic carbocycles. The second-order valence-electron chi connectivity index (χ2n) is 4.27. The minimum atomic E-state index is 0.278. The van der Waals surface area contributed by atoms with Gasteiger partial charge in [0.25, 0.3) is 0 Å².